The molecule has 140 valence electrons. The Kier molecular flexibility index (Phi) is 5.40. The lowest BCUT2D eigenvalue weighted by Gasteiger charge is -2.22. The van der Waals surface area contributed by atoms with E-state index in [4.69, 9.17) is 5.26 Å². The van der Waals surface area contributed by atoms with Crippen molar-refractivity contribution in [3.05, 3.63) is 102 Å². The van der Waals surface area contributed by atoms with Crippen molar-refractivity contribution < 1.29 is 0 Å². The quantitative estimate of drug-likeness (QED) is 0.518. The first-order valence-electron chi connectivity index (χ1n) is 9.15. The average Bonchev–Trinajstić information content (AvgIpc) is 2.79. The molecule has 4 rings (SSSR count). The Hall–Kier alpha value is -4.24. The molecular formula is C23H18N6. The van der Waals surface area contributed by atoms with Crippen molar-refractivity contribution in [2.75, 3.05) is 10.2 Å². The molecule has 1 aromatic heterocycles. The highest BCUT2D eigenvalue weighted by atomic mass is 15.3. The highest BCUT2D eigenvalue weighted by Crippen LogP contribution is 2.25. The first-order valence-corrected chi connectivity index (χ1v) is 9.15. The Bertz CT molecular complexity index is 1110. The van der Waals surface area contributed by atoms with E-state index in [0.717, 1.165) is 16.9 Å². The molecule has 0 atom stereocenters. The van der Waals surface area contributed by atoms with E-state index in [1.807, 2.05) is 65.6 Å². The normalized spacial score (nSPS) is 10.2. The number of benzene rings is 3. The number of nitrogens with zero attached hydrogens (tertiary/aromatic N) is 5. The van der Waals surface area contributed by atoms with Crippen LogP contribution in [0.1, 0.15) is 11.1 Å². The summed E-state index contributed by atoms with van der Waals surface area (Å²) in [5, 5.41) is 20.6. The first-order chi connectivity index (χ1) is 14.3. The van der Waals surface area contributed by atoms with Gasteiger partial charge in [0.25, 0.3) is 5.95 Å². The minimum atomic E-state index is 0.499. The molecule has 0 aliphatic rings. The van der Waals surface area contributed by atoms with Gasteiger partial charge < -0.3 is 10.2 Å². The second kappa shape index (κ2) is 8.63. The molecule has 0 aliphatic carbocycles. The molecule has 1 heterocycles. The number of aromatic nitrogens is 3. The van der Waals surface area contributed by atoms with E-state index in [-0.39, 0.29) is 0 Å². The van der Waals surface area contributed by atoms with Crippen LogP contribution >= 0.6 is 0 Å². The third kappa shape index (κ3) is 4.54. The van der Waals surface area contributed by atoms with Crippen LogP contribution in [0.2, 0.25) is 0 Å². The smallest absolute Gasteiger partial charge is 0.252 e. The molecule has 0 fully saturated rings. The Labute approximate surface area is 169 Å². The molecule has 0 radical (unpaired) electrons. The molecular weight excluding hydrogens is 360 g/mol. The van der Waals surface area contributed by atoms with Crippen molar-refractivity contribution >= 4 is 23.1 Å². The van der Waals surface area contributed by atoms with Gasteiger partial charge in [-0.2, -0.15) is 15.3 Å². The lowest BCUT2D eigenvalue weighted by Crippen LogP contribution is -2.20. The lowest BCUT2D eigenvalue weighted by atomic mass is 10.2. The fraction of sp³-hybridized carbons (Fsp3) is 0.0435. The van der Waals surface area contributed by atoms with Gasteiger partial charge in [0.1, 0.15) is 0 Å². The maximum absolute atomic E-state index is 8.94. The van der Waals surface area contributed by atoms with Gasteiger partial charge in [0.05, 0.1) is 24.4 Å². The SMILES string of the molecule is N#Cc1ccc(Nc2cnnc(N(Cc3ccccc3)c3ccccc3)n2)cc1. The maximum atomic E-state index is 8.94. The van der Waals surface area contributed by atoms with Gasteiger partial charge in [-0.25, -0.2) is 0 Å². The fourth-order valence-electron chi connectivity index (χ4n) is 2.90. The molecule has 29 heavy (non-hydrogen) atoms. The summed E-state index contributed by atoms with van der Waals surface area (Å²) in [6.45, 7) is 0.618. The second-order valence-corrected chi connectivity index (χ2v) is 6.36. The van der Waals surface area contributed by atoms with Crippen LogP contribution in [-0.2, 0) is 6.54 Å². The summed E-state index contributed by atoms with van der Waals surface area (Å²) in [4.78, 5) is 6.68. The van der Waals surface area contributed by atoms with E-state index < -0.39 is 0 Å². The Morgan fingerprint density at radius 3 is 2.24 bits per heavy atom. The molecule has 3 aromatic carbocycles. The third-order valence-corrected chi connectivity index (χ3v) is 4.33. The van der Waals surface area contributed by atoms with Crippen LogP contribution in [0.3, 0.4) is 0 Å². The van der Waals surface area contributed by atoms with Crippen LogP contribution in [0.15, 0.2) is 91.1 Å². The van der Waals surface area contributed by atoms with Crippen molar-refractivity contribution in [3.8, 4) is 6.07 Å². The maximum Gasteiger partial charge on any atom is 0.252 e. The molecule has 0 saturated heterocycles. The zero-order chi connectivity index (χ0) is 19.9. The summed E-state index contributed by atoms with van der Waals surface area (Å²) in [6.07, 6.45) is 1.58. The standard InChI is InChI=1S/C23H18N6/c24-15-18-11-13-20(14-12-18)26-22-16-25-28-23(27-22)29(21-9-5-2-6-10-21)17-19-7-3-1-4-8-19/h1-14,16H,17H2,(H,26,27,28). The third-order valence-electron chi connectivity index (χ3n) is 4.33. The molecule has 4 aromatic rings. The zero-order valence-electron chi connectivity index (χ0n) is 15.6. The van der Waals surface area contributed by atoms with E-state index in [1.165, 1.54) is 0 Å². The van der Waals surface area contributed by atoms with Gasteiger partial charge in [0, 0.05) is 11.4 Å². The molecule has 0 amide bonds. The predicted octanol–water partition coefficient (Wildman–Crippen LogP) is 4.83. The monoisotopic (exact) mass is 378 g/mol. The molecule has 0 unspecified atom stereocenters. The number of rotatable bonds is 6. The van der Waals surface area contributed by atoms with Crippen LogP contribution in [0.4, 0.5) is 23.1 Å². The minimum absolute atomic E-state index is 0.499. The van der Waals surface area contributed by atoms with Crippen LogP contribution in [-0.4, -0.2) is 15.2 Å². The second-order valence-electron chi connectivity index (χ2n) is 6.36. The van der Waals surface area contributed by atoms with Gasteiger partial charge in [-0.15, -0.1) is 5.10 Å². The summed E-state index contributed by atoms with van der Waals surface area (Å²) in [6, 6.07) is 29.4. The van der Waals surface area contributed by atoms with E-state index >= 15 is 0 Å². The van der Waals surface area contributed by atoms with Crippen molar-refractivity contribution in [1.82, 2.24) is 15.2 Å². The Balaban J connectivity index is 1.64. The summed E-state index contributed by atoms with van der Waals surface area (Å²) in [5.74, 6) is 1.08. The molecule has 1 N–H and O–H groups in total. The van der Waals surface area contributed by atoms with E-state index in [0.29, 0.717) is 23.9 Å². The largest absolute Gasteiger partial charge is 0.339 e. The van der Waals surface area contributed by atoms with Gasteiger partial charge in [-0.1, -0.05) is 48.5 Å². The lowest BCUT2D eigenvalue weighted by molar-refractivity contribution is 0.865. The van der Waals surface area contributed by atoms with Gasteiger partial charge in [-0.3, -0.25) is 0 Å². The zero-order valence-corrected chi connectivity index (χ0v) is 15.6. The first kappa shape index (κ1) is 18.1. The van der Waals surface area contributed by atoms with Crippen LogP contribution in [0.5, 0.6) is 0 Å². The van der Waals surface area contributed by atoms with E-state index in [9.17, 15) is 0 Å². The molecule has 0 bridgehead atoms. The van der Waals surface area contributed by atoms with Crippen molar-refractivity contribution in [2.24, 2.45) is 0 Å². The van der Waals surface area contributed by atoms with Crippen molar-refractivity contribution in [1.29, 1.82) is 5.26 Å². The number of nitriles is 1. The molecule has 6 nitrogen and oxygen atoms in total. The van der Waals surface area contributed by atoms with Crippen molar-refractivity contribution in [3.63, 3.8) is 0 Å². The van der Waals surface area contributed by atoms with Crippen LogP contribution in [0, 0.1) is 11.3 Å². The Morgan fingerprint density at radius 2 is 1.55 bits per heavy atom. The number of hydrogen-bond acceptors (Lipinski definition) is 6. The summed E-state index contributed by atoms with van der Waals surface area (Å²) >= 11 is 0. The molecule has 0 spiro atoms. The highest BCUT2D eigenvalue weighted by Gasteiger charge is 2.14. The van der Waals surface area contributed by atoms with Gasteiger partial charge >= 0.3 is 0 Å². The number of hydrogen-bond donors (Lipinski definition) is 1. The molecule has 0 aliphatic heterocycles. The summed E-state index contributed by atoms with van der Waals surface area (Å²) in [5.41, 5.74) is 3.55. The predicted molar refractivity (Wildman–Crippen MR) is 113 cm³/mol. The van der Waals surface area contributed by atoms with Crippen molar-refractivity contribution in [2.45, 2.75) is 6.54 Å². The summed E-state index contributed by atoms with van der Waals surface area (Å²) in [7, 11) is 0. The summed E-state index contributed by atoms with van der Waals surface area (Å²) < 4.78 is 0. The minimum Gasteiger partial charge on any atom is -0.339 e. The fourth-order valence-corrected chi connectivity index (χ4v) is 2.90. The number of nitrogens with one attached hydrogen (secondary N) is 1. The number of anilines is 4. The molecule has 6 heteroatoms. The number of para-hydroxylation sites is 1. The van der Waals surface area contributed by atoms with E-state index in [2.05, 4.69) is 38.7 Å². The molecule has 0 saturated carbocycles. The van der Waals surface area contributed by atoms with Crippen LogP contribution in [0.25, 0.3) is 0 Å². The Morgan fingerprint density at radius 1 is 0.862 bits per heavy atom. The average molecular weight is 378 g/mol. The van der Waals surface area contributed by atoms with Gasteiger partial charge in [0.2, 0.25) is 0 Å². The highest BCUT2D eigenvalue weighted by molar-refractivity contribution is 5.61. The topological polar surface area (TPSA) is 77.7 Å². The van der Waals surface area contributed by atoms with E-state index in [1.54, 1.807) is 18.3 Å². The van der Waals surface area contributed by atoms with Crippen LogP contribution < -0.4 is 10.2 Å². The van der Waals surface area contributed by atoms with Gasteiger partial charge in [0.15, 0.2) is 5.82 Å². The van der Waals surface area contributed by atoms with Gasteiger partial charge in [-0.05, 0) is 42.0 Å².